The molecule has 1 nitrogen and oxygen atoms in total. The Bertz CT molecular complexity index is 1100. The van der Waals surface area contributed by atoms with Crippen molar-refractivity contribution in [3.63, 3.8) is 0 Å². The molecular formula is C30H33F3O. The SMILES string of the molecule is CCCc1ccc(COC2CCC(c3ccc(-c4ccc(CC)cc4)c(F)c3F)CC2)c(F)c1. The first-order valence-electron chi connectivity index (χ1n) is 12.5. The molecule has 1 aliphatic rings. The monoisotopic (exact) mass is 466 g/mol. The minimum atomic E-state index is -0.776. The van der Waals surface area contributed by atoms with Crippen molar-refractivity contribution in [2.24, 2.45) is 0 Å². The lowest BCUT2D eigenvalue weighted by Crippen LogP contribution is -2.21. The molecule has 0 aliphatic heterocycles. The van der Waals surface area contributed by atoms with Gasteiger partial charge in [0.05, 0.1) is 12.7 Å². The van der Waals surface area contributed by atoms with Gasteiger partial charge in [-0.05, 0) is 72.8 Å². The molecule has 1 aliphatic carbocycles. The van der Waals surface area contributed by atoms with E-state index in [1.807, 2.05) is 36.4 Å². The van der Waals surface area contributed by atoms with E-state index in [0.717, 1.165) is 56.1 Å². The summed E-state index contributed by atoms with van der Waals surface area (Å²) in [6.45, 7) is 4.37. The van der Waals surface area contributed by atoms with E-state index in [-0.39, 0.29) is 24.4 Å². The summed E-state index contributed by atoms with van der Waals surface area (Å²) >= 11 is 0. The second-order valence-corrected chi connectivity index (χ2v) is 9.34. The summed E-state index contributed by atoms with van der Waals surface area (Å²) in [5.74, 6) is -1.77. The van der Waals surface area contributed by atoms with E-state index in [9.17, 15) is 8.78 Å². The number of rotatable bonds is 8. The molecule has 0 saturated heterocycles. The molecule has 0 spiro atoms. The smallest absolute Gasteiger partial charge is 0.166 e. The molecule has 0 bridgehead atoms. The van der Waals surface area contributed by atoms with E-state index >= 15 is 4.39 Å². The van der Waals surface area contributed by atoms with Gasteiger partial charge in [0.2, 0.25) is 0 Å². The Labute approximate surface area is 201 Å². The lowest BCUT2D eigenvalue weighted by molar-refractivity contribution is 0.0119. The van der Waals surface area contributed by atoms with Gasteiger partial charge in [0.1, 0.15) is 5.82 Å². The van der Waals surface area contributed by atoms with Gasteiger partial charge >= 0.3 is 0 Å². The van der Waals surface area contributed by atoms with Crippen LogP contribution in [0.3, 0.4) is 0 Å². The number of hydrogen-bond acceptors (Lipinski definition) is 1. The van der Waals surface area contributed by atoms with E-state index in [4.69, 9.17) is 4.74 Å². The van der Waals surface area contributed by atoms with E-state index in [1.54, 1.807) is 18.2 Å². The van der Waals surface area contributed by atoms with Crippen LogP contribution in [0.2, 0.25) is 0 Å². The fourth-order valence-electron chi connectivity index (χ4n) is 4.92. The third-order valence-electron chi connectivity index (χ3n) is 7.03. The first-order valence-corrected chi connectivity index (χ1v) is 12.5. The zero-order valence-electron chi connectivity index (χ0n) is 20.0. The Kier molecular flexibility index (Phi) is 8.10. The zero-order valence-corrected chi connectivity index (χ0v) is 20.0. The predicted octanol–water partition coefficient (Wildman–Crippen LogP) is 8.53. The largest absolute Gasteiger partial charge is 0.373 e. The van der Waals surface area contributed by atoms with Crippen LogP contribution in [-0.4, -0.2) is 6.10 Å². The summed E-state index contributed by atoms with van der Waals surface area (Å²) in [5, 5.41) is 0. The Balaban J connectivity index is 1.36. The zero-order chi connectivity index (χ0) is 24.1. The lowest BCUT2D eigenvalue weighted by Gasteiger charge is -2.29. The highest BCUT2D eigenvalue weighted by atomic mass is 19.2. The van der Waals surface area contributed by atoms with E-state index in [0.29, 0.717) is 22.3 Å². The molecular weight excluding hydrogens is 433 g/mol. The summed E-state index contributed by atoms with van der Waals surface area (Å²) in [6, 6.07) is 16.4. The molecule has 0 amide bonds. The Hall–Kier alpha value is -2.59. The molecule has 1 fully saturated rings. The minimum Gasteiger partial charge on any atom is -0.373 e. The minimum absolute atomic E-state index is 0.00947. The average molecular weight is 467 g/mol. The van der Waals surface area contributed by atoms with Gasteiger partial charge in [-0.3, -0.25) is 0 Å². The van der Waals surface area contributed by atoms with Crippen LogP contribution in [0.5, 0.6) is 0 Å². The van der Waals surface area contributed by atoms with Crippen molar-refractivity contribution in [2.75, 3.05) is 0 Å². The van der Waals surface area contributed by atoms with Crippen molar-refractivity contribution in [1.82, 2.24) is 0 Å². The molecule has 0 atom stereocenters. The number of ether oxygens (including phenoxy) is 1. The maximum absolute atomic E-state index is 15.0. The molecule has 0 radical (unpaired) electrons. The van der Waals surface area contributed by atoms with Gasteiger partial charge in [0.15, 0.2) is 11.6 Å². The summed E-state index contributed by atoms with van der Waals surface area (Å²) in [6.07, 6.45) is 5.72. The highest BCUT2D eigenvalue weighted by Crippen LogP contribution is 2.38. The first-order chi connectivity index (χ1) is 16.5. The second-order valence-electron chi connectivity index (χ2n) is 9.34. The van der Waals surface area contributed by atoms with Gasteiger partial charge in [0.25, 0.3) is 0 Å². The van der Waals surface area contributed by atoms with Gasteiger partial charge in [0, 0.05) is 11.1 Å². The number of hydrogen-bond donors (Lipinski definition) is 0. The topological polar surface area (TPSA) is 9.23 Å². The molecule has 3 aromatic rings. The summed E-state index contributed by atoms with van der Waals surface area (Å²) in [5.41, 5.74) is 4.17. The molecule has 0 heterocycles. The average Bonchev–Trinajstić information content (AvgIpc) is 2.86. The summed E-state index contributed by atoms with van der Waals surface area (Å²) in [4.78, 5) is 0. The molecule has 4 rings (SSSR count). The van der Waals surface area contributed by atoms with Crippen LogP contribution in [0.1, 0.15) is 74.1 Å². The highest BCUT2D eigenvalue weighted by molar-refractivity contribution is 5.65. The first kappa shape index (κ1) is 24.5. The number of halogens is 3. The van der Waals surface area contributed by atoms with Crippen molar-refractivity contribution in [1.29, 1.82) is 0 Å². The number of benzene rings is 3. The van der Waals surface area contributed by atoms with Crippen LogP contribution in [0, 0.1) is 17.5 Å². The molecule has 0 unspecified atom stereocenters. The van der Waals surface area contributed by atoms with Crippen LogP contribution in [0.15, 0.2) is 54.6 Å². The fraction of sp³-hybridized carbons (Fsp3) is 0.400. The van der Waals surface area contributed by atoms with Gasteiger partial charge in [-0.15, -0.1) is 0 Å². The third kappa shape index (κ3) is 5.55. The van der Waals surface area contributed by atoms with E-state index in [1.165, 1.54) is 0 Å². The molecule has 34 heavy (non-hydrogen) atoms. The molecule has 1 saturated carbocycles. The van der Waals surface area contributed by atoms with Gasteiger partial charge < -0.3 is 4.74 Å². The highest BCUT2D eigenvalue weighted by Gasteiger charge is 2.27. The Morgan fingerprint density at radius 3 is 2.15 bits per heavy atom. The van der Waals surface area contributed by atoms with Crippen LogP contribution in [-0.2, 0) is 24.2 Å². The predicted molar refractivity (Wildman–Crippen MR) is 131 cm³/mol. The number of aryl methyl sites for hydroxylation is 2. The quantitative estimate of drug-likeness (QED) is 0.323. The van der Waals surface area contributed by atoms with Crippen LogP contribution in [0.25, 0.3) is 11.1 Å². The third-order valence-corrected chi connectivity index (χ3v) is 7.03. The molecule has 0 N–H and O–H groups in total. The van der Waals surface area contributed by atoms with Crippen molar-refractivity contribution < 1.29 is 17.9 Å². The standard InChI is InChI=1S/C30H33F3O/c1-3-5-21-8-11-24(28(31)18-21)19-34-25-14-12-23(13-15-25)27-17-16-26(29(32)30(27)33)22-9-6-20(4-2)7-10-22/h6-11,16-18,23,25H,3-5,12-15,19H2,1-2H3. The van der Waals surface area contributed by atoms with Gasteiger partial charge in [-0.1, -0.05) is 68.8 Å². The molecule has 180 valence electrons. The Morgan fingerprint density at radius 1 is 0.794 bits per heavy atom. The second kappa shape index (κ2) is 11.2. The van der Waals surface area contributed by atoms with Crippen LogP contribution in [0.4, 0.5) is 13.2 Å². The fourth-order valence-corrected chi connectivity index (χ4v) is 4.92. The van der Waals surface area contributed by atoms with Crippen LogP contribution < -0.4 is 0 Å². The van der Waals surface area contributed by atoms with Crippen molar-refractivity contribution in [3.8, 4) is 11.1 Å². The van der Waals surface area contributed by atoms with Gasteiger partial charge in [-0.2, -0.15) is 0 Å². The molecule has 4 heteroatoms. The Morgan fingerprint density at radius 2 is 1.50 bits per heavy atom. The van der Waals surface area contributed by atoms with Crippen LogP contribution >= 0.6 is 0 Å². The van der Waals surface area contributed by atoms with Crippen molar-refractivity contribution >= 4 is 0 Å². The van der Waals surface area contributed by atoms with Gasteiger partial charge in [-0.25, -0.2) is 13.2 Å². The lowest BCUT2D eigenvalue weighted by atomic mass is 9.82. The molecule has 0 aromatic heterocycles. The maximum atomic E-state index is 15.0. The molecule has 3 aromatic carbocycles. The normalized spacial score (nSPS) is 18.3. The maximum Gasteiger partial charge on any atom is 0.166 e. The van der Waals surface area contributed by atoms with E-state index in [2.05, 4.69) is 13.8 Å². The van der Waals surface area contributed by atoms with Crippen molar-refractivity contribution in [3.05, 3.63) is 94.3 Å². The summed E-state index contributed by atoms with van der Waals surface area (Å²) in [7, 11) is 0. The summed E-state index contributed by atoms with van der Waals surface area (Å²) < 4.78 is 50.3. The van der Waals surface area contributed by atoms with E-state index < -0.39 is 11.6 Å². The van der Waals surface area contributed by atoms with Crippen molar-refractivity contribution in [2.45, 2.75) is 77.4 Å².